The fraction of sp³-hybridized carbons (Fsp3) is 0.353. The van der Waals surface area contributed by atoms with Crippen LogP contribution in [0.3, 0.4) is 0 Å². The monoisotopic (exact) mass is 362 g/mol. The first-order valence-electron chi connectivity index (χ1n) is 7.91. The Morgan fingerprint density at radius 3 is 2.80 bits per heavy atom. The fourth-order valence-electron chi connectivity index (χ4n) is 3.50. The van der Waals surface area contributed by atoms with Gasteiger partial charge in [0.25, 0.3) is 0 Å². The van der Waals surface area contributed by atoms with E-state index in [1.165, 1.54) is 36.5 Å². The van der Waals surface area contributed by atoms with Crippen LogP contribution in [0.1, 0.15) is 12.0 Å². The van der Waals surface area contributed by atoms with Crippen molar-refractivity contribution in [2.24, 2.45) is 16.6 Å². The Morgan fingerprint density at radius 2 is 2.00 bits per heavy atom. The molecule has 0 aliphatic carbocycles. The lowest BCUT2D eigenvalue weighted by atomic mass is 9.75. The Hall–Kier alpha value is -2.06. The minimum Gasteiger partial charge on any atom is -0.381 e. The van der Waals surface area contributed by atoms with Gasteiger partial charge in [-0.1, -0.05) is 11.8 Å². The van der Waals surface area contributed by atoms with Crippen molar-refractivity contribution in [1.29, 1.82) is 0 Å². The average Bonchev–Trinajstić information content (AvgIpc) is 2.62. The van der Waals surface area contributed by atoms with Gasteiger partial charge in [0.15, 0.2) is 5.17 Å². The second kappa shape index (κ2) is 6.34. The summed E-state index contributed by atoms with van der Waals surface area (Å²) < 4.78 is 34.8. The average molecular weight is 362 g/mol. The molecule has 0 saturated carbocycles. The summed E-state index contributed by atoms with van der Waals surface area (Å²) in [6.45, 7) is 0.933. The van der Waals surface area contributed by atoms with E-state index in [9.17, 15) is 8.78 Å². The van der Waals surface area contributed by atoms with E-state index >= 15 is 0 Å². The molecule has 1 aromatic carbocycles. The number of hydrogen-bond donors (Lipinski definition) is 1. The summed E-state index contributed by atoms with van der Waals surface area (Å²) in [5.41, 5.74) is 6.22. The number of amidine groups is 1. The van der Waals surface area contributed by atoms with Gasteiger partial charge in [0.05, 0.1) is 12.1 Å². The van der Waals surface area contributed by atoms with E-state index in [0.717, 1.165) is 6.07 Å². The zero-order chi connectivity index (χ0) is 17.4. The van der Waals surface area contributed by atoms with Crippen LogP contribution in [0.25, 0.3) is 11.1 Å². The molecule has 25 heavy (non-hydrogen) atoms. The summed E-state index contributed by atoms with van der Waals surface area (Å²) in [5.74, 6) is -0.597. The maximum absolute atomic E-state index is 14.8. The number of nitrogens with zero attached hydrogens (tertiary/aromatic N) is 3. The van der Waals surface area contributed by atoms with Gasteiger partial charge in [-0.3, -0.25) is 4.99 Å². The third-order valence-corrected chi connectivity index (χ3v) is 5.71. The molecule has 1 unspecified atom stereocenters. The van der Waals surface area contributed by atoms with Crippen LogP contribution < -0.4 is 5.73 Å². The summed E-state index contributed by atoms with van der Waals surface area (Å²) in [6, 6.07) is 2.43. The van der Waals surface area contributed by atoms with Crippen LogP contribution in [0.2, 0.25) is 0 Å². The van der Waals surface area contributed by atoms with E-state index in [4.69, 9.17) is 10.5 Å². The van der Waals surface area contributed by atoms with E-state index in [2.05, 4.69) is 15.0 Å². The molecule has 8 heteroatoms. The molecule has 2 aliphatic rings. The van der Waals surface area contributed by atoms with E-state index in [1.807, 2.05) is 0 Å². The predicted octanol–water partition coefficient (Wildman–Crippen LogP) is 2.72. The minimum absolute atomic E-state index is 0.0154. The van der Waals surface area contributed by atoms with Crippen LogP contribution in [0.5, 0.6) is 0 Å². The summed E-state index contributed by atoms with van der Waals surface area (Å²) in [4.78, 5) is 12.4. The number of halogens is 2. The van der Waals surface area contributed by atoms with Gasteiger partial charge in [0.1, 0.15) is 18.0 Å². The molecular weight excluding hydrogens is 346 g/mol. The molecule has 0 radical (unpaired) electrons. The molecule has 1 aromatic heterocycles. The van der Waals surface area contributed by atoms with Gasteiger partial charge in [-0.15, -0.1) is 0 Å². The summed E-state index contributed by atoms with van der Waals surface area (Å²) in [5, 5.41) is 0.423. The van der Waals surface area contributed by atoms with E-state index < -0.39 is 17.2 Å². The molecule has 3 heterocycles. The Morgan fingerprint density at radius 1 is 1.20 bits per heavy atom. The molecule has 0 amide bonds. The largest absolute Gasteiger partial charge is 0.381 e. The number of benzene rings is 1. The molecule has 130 valence electrons. The topological polar surface area (TPSA) is 73.4 Å². The lowest BCUT2D eigenvalue weighted by Crippen LogP contribution is -2.47. The zero-order valence-corrected chi connectivity index (χ0v) is 14.1. The minimum atomic E-state index is -0.824. The van der Waals surface area contributed by atoms with Crippen LogP contribution in [-0.4, -0.2) is 34.1 Å². The van der Waals surface area contributed by atoms with Crippen molar-refractivity contribution in [3.05, 3.63) is 48.1 Å². The molecule has 2 aliphatic heterocycles. The highest BCUT2D eigenvalue weighted by molar-refractivity contribution is 8.13. The maximum atomic E-state index is 14.8. The van der Waals surface area contributed by atoms with Gasteiger partial charge in [0.2, 0.25) is 0 Å². The van der Waals surface area contributed by atoms with Crippen molar-refractivity contribution in [3.8, 4) is 11.1 Å². The van der Waals surface area contributed by atoms with Crippen molar-refractivity contribution in [1.82, 2.24) is 9.97 Å². The van der Waals surface area contributed by atoms with Crippen LogP contribution in [0, 0.1) is 17.6 Å². The highest BCUT2D eigenvalue weighted by Gasteiger charge is 2.47. The Balaban J connectivity index is 1.91. The van der Waals surface area contributed by atoms with Crippen molar-refractivity contribution < 1.29 is 13.5 Å². The number of ether oxygens (including phenoxy) is 1. The first-order chi connectivity index (χ1) is 12.1. The number of fused-ring (bicyclic) bond motifs is 1. The normalized spacial score (nSPS) is 26.0. The van der Waals surface area contributed by atoms with Gasteiger partial charge in [0, 0.05) is 59.8 Å². The first kappa shape index (κ1) is 16.4. The number of aliphatic imine (C=N–C) groups is 1. The van der Waals surface area contributed by atoms with Gasteiger partial charge >= 0.3 is 0 Å². The zero-order valence-electron chi connectivity index (χ0n) is 13.3. The Labute approximate surface area is 147 Å². The highest BCUT2D eigenvalue weighted by Crippen LogP contribution is 2.47. The third-order valence-electron chi connectivity index (χ3n) is 4.76. The number of thioether (sulfide) groups is 1. The van der Waals surface area contributed by atoms with Crippen molar-refractivity contribution in [2.75, 3.05) is 19.0 Å². The van der Waals surface area contributed by atoms with Crippen molar-refractivity contribution in [2.45, 2.75) is 12.0 Å². The maximum Gasteiger partial charge on any atom is 0.154 e. The molecular formula is C17H16F2N4OS. The highest BCUT2D eigenvalue weighted by atomic mass is 32.2. The molecule has 1 fully saturated rings. The molecule has 0 spiro atoms. The van der Waals surface area contributed by atoms with Crippen LogP contribution in [-0.2, 0) is 10.3 Å². The van der Waals surface area contributed by atoms with E-state index in [-0.39, 0.29) is 11.5 Å². The second-order valence-electron chi connectivity index (χ2n) is 6.15. The third kappa shape index (κ3) is 2.79. The summed E-state index contributed by atoms with van der Waals surface area (Å²) in [7, 11) is 0. The van der Waals surface area contributed by atoms with Crippen molar-refractivity contribution >= 4 is 16.9 Å². The van der Waals surface area contributed by atoms with Gasteiger partial charge in [-0.2, -0.15) is 0 Å². The van der Waals surface area contributed by atoms with Crippen molar-refractivity contribution in [3.63, 3.8) is 0 Å². The molecule has 1 saturated heterocycles. The number of hydrogen-bond acceptors (Lipinski definition) is 6. The van der Waals surface area contributed by atoms with E-state index in [0.29, 0.717) is 41.7 Å². The summed E-state index contributed by atoms with van der Waals surface area (Å²) >= 11 is 1.44. The molecule has 2 atom stereocenters. The Kier molecular flexibility index (Phi) is 4.16. The second-order valence-corrected chi connectivity index (χ2v) is 7.19. The molecule has 2 aromatic rings. The lowest BCUT2D eigenvalue weighted by Gasteiger charge is -2.44. The van der Waals surface area contributed by atoms with Crippen LogP contribution in [0.15, 0.2) is 35.8 Å². The Bertz CT molecular complexity index is 833. The van der Waals surface area contributed by atoms with Crippen LogP contribution in [0.4, 0.5) is 8.78 Å². The quantitative estimate of drug-likeness (QED) is 0.889. The molecule has 2 N–H and O–H groups in total. The fourth-order valence-corrected chi connectivity index (χ4v) is 4.47. The molecule has 4 rings (SSSR count). The van der Waals surface area contributed by atoms with E-state index in [1.54, 1.807) is 0 Å². The number of rotatable bonds is 2. The predicted molar refractivity (Wildman–Crippen MR) is 92.1 cm³/mol. The lowest BCUT2D eigenvalue weighted by molar-refractivity contribution is 0.00883. The number of aromatic nitrogens is 2. The standard InChI is InChI=1S/C17H16F2N4OS/c18-14-4-15(19)13(3-12(14)10-5-21-9-22-6-10)17-1-2-24-7-11(17)8-25-16(20)23-17/h3-6,9,11H,1-2,7-8H2,(H2,20,23)/t11?,17-/m0/s1. The van der Waals surface area contributed by atoms with Gasteiger partial charge in [-0.05, 0) is 6.07 Å². The number of nitrogens with two attached hydrogens (primary N) is 1. The van der Waals surface area contributed by atoms with Gasteiger partial charge in [-0.25, -0.2) is 18.7 Å². The SMILES string of the molecule is NC1=N[C@@]2(c3cc(-c4cncnc4)c(F)cc3F)CCOCC2CS1. The smallest absolute Gasteiger partial charge is 0.154 e. The molecule has 0 bridgehead atoms. The van der Waals surface area contributed by atoms with Gasteiger partial charge < -0.3 is 10.5 Å². The van der Waals surface area contributed by atoms with Crippen LogP contribution >= 0.6 is 11.8 Å². The molecule has 5 nitrogen and oxygen atoms in total. The summed E-state index contributed by atoms with van der Waals surface area (Å²) in [6.07, 6.45) is 4.87. The first-order valence-corrected chi connectivity index (χ1v) is 8.89.